The van der Waals surface area contributed by atoms with E-state index in [1.807, 2.05) is 43.7 Å². The standard InChI is InChI=1S/C19H24N6O2S2/c1-5-7-16-22-23-18(29-16)20-15(26)11-28-19-24-21-14(25(19)4)10-27-17-12(2)8-6-9-13(17)3/h6,8-9H,5,7,10-11H2,1-4H3,(H,20,23,26). The molecule has 0 saturated heterocycles. The summed E-state index contributed by atoms with van der Waals surface area (Å²) >= 11 is 2.73. The van der Waals surface area contributed by atoms with Crippen molar-refractivity contribution in [1.82, 2.24) is 25.0 Å². The van der Waals surface area contributed by atoms with E-state index in [2.05, 4.69) is 32.6 Å². The van der Waals surface area contributed by atoms with Gasteiger partial charge in [0, 0.05) is 13.5 Å². The number of nitrogens with zero attached hydrogens (tertiary/aromatic N) is 5. The highest BCUT2D eigenvalue weighted by Gasteiger charge is 2.14. The summed E-state index contributed by atoms with van der Waals surface area (Å²) in [6.45, 7) is 6.43. The van der Waals surface area contributed by atoms with E-state index in [1.165, 1.54) is 23.1 Å². The van der Waals surface area contributed by atoms with E-state index < -0.39 is 0 Å². The van der Waals surface area contributed by atoms with E-state index in [1.54, 1.807) is 0 Å². The molecule has 0 radical (unpaired) electrons. The Balaban J connectivity index is 1.53. The zero-order valence-electron chi connectivity index (χ0n) is 16.9. The molecular formula is C19H24N6O2S2. The van der Waals surface area contributed by atoms with Gasteiger partial charge >= 0.3 is 0 Å². The van der Waals surface area contributed by atoms with Gasteiger partial charge in [-0.25, -0.2) is 0 Å². The predicted molar refractivity (Wildman–Crippen MR) is 115 cm³/mol. The Morgan fingerprint density at radius 1 is 1.21 bits per heavy atom. The van der Waals surface area contributed by atoms with Crippen molar-refractivity contribution in [3.05, 3.63) is 40.2 Å². The highest BCUT2D eigenvalue weighted by molar-refractivity contribution is 7.99. The highest BCUT2D eigenvalue weighted by Crippen LogP contribution is 2.24. The minimum Gasteiger partial charge on any atom is -0.485 e. The Morgan fingerprint density at radius 2 is 1.97 bits per heavy atom. The summed E-state index contributed by atoms with van der Waals surface area (Å²) in [5.74, 6) is 1.63. The number of aromatic nitrogens is 5. The average Bonchev–Trinajstić information content (AvgIpc) is 3.26. The van der Waals surface area contributed by atoms with Crippen molar-refractivity contribution in [3.63, 3.8) is 0 Å². The number of rotatable bonds is 9. The van der Waals surface area contributed by atoms with Crippen LogP contribution in [0.1, 0.15) is 35.3 Å². The van der Waals surface area contributed by atoms with Gasteiger partial charge < -0.3 is 9.30 Å². The number of carbonyl (C=O) groups is 1. The molecule has 0 unspecified atom stereocenters. The number of ether oxygens (including phenoxy) is 1. The van der Waals surface area contributed by atoms with E-state index in [0.717, 1.165) is 34.7 Å². The second kappa shape index (κ2) is 9.84. The Morgan fingerprint density at radius 3 is 2.69 bits per heavy atom. The maximum absolute atomic E-state index is 12.2. The summed E-state index contributed by atoms with van der Waals surface area (Å²) in [4.78, 5) is 12.2. The molecule has 1 aromatic carbocycles. The van der Waals surface area contributed by atoms with Crippen LogP contribution >= 0.6 is 23.1 Å². The normalized spacial score (nSPS) is 10.9. The molecule has 0 aliphatic rings. The van der Waals surface area contributed by atoms with E-state index in [9.17, 15) is 4.79 Å². The molecule has 0 aliphatic heterocycles. The summed E-state index contributed by atoms with van der Waals surface area (Å²) in [5, 5.41) is 21.3. The minimum absolute atomic E-state index is 0.148. The van der Waals surface area contributed by atoms with Crippen molar-refractivity contribution in [2.45, 2.75) is 45.4 Å². The monoisotopic (exact) mass is 432 g/mol. The van der Waals surface area contributed by atoms with Crippen LogP contribution in [0.15, 0.2) is 23.4 Å². The minimum atomic E-state index is -0.148. The Bertz CT molecular complexity index is 965. The van der Waals surface area contributed by atoms with Crippen LogP contribution in [0.3, 0.4) is 0 Å². The topological polar surface area (TPSA) is 94.8 Å². The van der Waals surface area contributed by atoms with E-state index in [0.29, 0.717) is 22.7 Å². The number of anilines is 1. The van der Waals surface area contributed by atoms with Crippen molar-refractivity contribution in [1.29, 1.82) is 0 Å². The van der Waals surface area contributed by atoms with E-state index in [-0.39, 0.29) is 11.7 Å². The molecule has 1 N–H and O–H groups in total. The molecule has 2 heterocycles. The molecule has 0 bridgehead atoms. The predicted octanol–water partition coefficient (Wildman–Crippen LogP) is 3.55. The number of hydrogen-bond acceptors (Lipinski definition) is 8. The summed E-state index contributed by atoms with van der Waals surface area (Å²) in [6.07, 6.45) is 1.87. The first-order valence-corrected chi connectivity index (χ1v) is 11.1. The SMILES string of the molecule is CCCc1nnc(NC(=O)CSc2nnc(COc3c(C)cccc3C)n2C)s1. The molecule has 0 saturated carbocycles. The molecule has 0 spiro atoms. The van der Waals surface area contributed by atoms with Crippen molar-refractivity contribution < 1.29 is 9.53 Å². The third-order valence-corrected chi connectivity index (χ3v) is 6.11. The largest absolute Gasteiger partial charge is 0.485 e. The Labute approximate surface area is 178 Å². The fraction of sp³-hybridized carbons (Fsp3) is 0.421. The van der Waals surface area contributed by atoms with Crippen LogP contribution in [-0.4, -0.2) is 36.6 Å². The summed E-state index contributed by atoms with van der Waals surface area (Å²) < 4.78 is 7.79. The molecule has 8 nitrogen and oxygen atoms in total. The molecule has 0 atom stereocenters. The molecule has 29 heavy (non-hydrogen) atoms. The van der Waals surface area contributed by atoms with Gasteiger partial charge in [0.25, 0.3) is 0 Å². The average molecular weight is 433 g/mol. The maximum atomic E-state index is 12.2. The molecule has 2 aromatic heterocycles. The number of aryl methyl sites for hydroxylation is 3. The molecule has 3 aromatic rings. The second-order valence-electron chi connectivity index (χ2n) is 6.56. The van der Waals surface area contributed by atoms with Crippen molar-refractivity contribution in [2.75, 3.05) is 11.1 Å². The molecule has 1 amide bonds. The van der Waals surface area contributed by atoms with Crippen molar-refractivity contribution in [3.8, 4) is 5.75 Å². The van der Waals surface area contributed by atoms with Gasteiger partial charge in [-0.05, 0) is 31.4 Å². The summed E-state index contributed by atoms with van der Waals surface area (Å²) in [7, 11) is 1.87. The number of nitrogens with one attached hydrogen (secondary N) is 1. The summed E-state index contributed by atoms with van der Waals surface area (Å²) in [5.41, 5.74) is 2.16. The third-order valence-electron chi connectivity index (χ3n) is 4.19. The molecule has 3 rings (SSSR count). The van der Waals surface area contributed by atoms with Crippen LogP contribution in [0.25, 0.3) is 0 Å². The zero-order valence-corrected chi connectivity index (χ0v) is 18.6. The third kappa shape index (κ3) is 5.54. The molecule has 0 aliphatic carbocycles. The lowest BCUT2D eigenvalue weighted by atomic mass is 10.1. The first-order valence-electron chi connectivity index (χ1n) is 9.30. The number of para-hydroxylation sites is 1. The number of benzene rings is 1. The molecular weight excluding hydrogens is 408 g/mol. The maximum Gasteiger partial charge on any atom is 0.236 e. The van der Waals surface area contributed by atoms with Crippen LogP contribution in [0.2, 0.25) is 0 Å². The van der Waals surface area contributed by atoms with Crippen LogP contribution in [0, 0.1) is 13.8 Å². The van der Waals surface area contributed by atoms with Gasteiger partial charge in [0.1, 0.15) is 17.4 Å². The van der Waals surface area contributed by atoms with E-state index >= 15 is 0 Å². The number of hydrogen-bond donors (Lipinski definition) is 1. The van der Waals surface area contributed by atoms with Gasteiger partial charge in [-0.2, -0.15) is 0 Å². The van der Waals surface area contributed by atoms with Crippen LogP contribution in [0.5, 0.6) is 5.75 Å². The van der Waals surface area contributed by atoms with Crippen LogP contribution in [0.4, 0.5) is 5.13 Å². The second-order valence-corrected chi connectivity index (χ2v) is 8.56. The highest BCUT2D eigenvalue weighted by atomic mass is 32.2. The van der Waals surface area contributed by atoms with Crippen LogP contribution < -0.4 is 10.1 Å². The van der Waals surface area contributed by atoms with Crippen molar-refractivity contribution >= 4 is 34.1 Å². The molecule has 10 heteroatoms. The smallest absolute Gasteiger partial charge is 0.236 e. The number of carbonyl (C=O) groups excluding carboxylic acids is 1. The lowest BCUT2D eigenvalue weighted by Gasteiger charge is -2.11. The molecule has 154 valence electrons. The fourth-order valence-corrected chi connectivity index (χ4v) is 4.25. The van der Waals surface area contributed by atoms with Gasteiger partial charge in [-0.3, -0.25) is 10.1 Å². The summed E-state index contributed by atoms with van der Waals surface area (Å²) in [6, 6.07) is 6.04. The quantitative estimate of drug-likeness (QED) is 0.517. The van der Waals surface area contributed by atoms with Crippen molar-refractivity contribution in [2.24, 2.45) is 7.05 Å². The van der Waals surface area contributed by atoms with Gasteiger partial charge in [0.2, 0.25) is 11.0 Å². The number of thioether (sulfide) groups is 1. The fourth-order valence-electron chi connectivity index (χ4n) is 2.66. The Hall–Kier alpha value is -2.46. The lowest BCUT2D eigenvalue weighted by Crippen LogP contribution is -2.14. The van der Waals surface area contributed by atoms with Gasteiger partial charge in [0.15, 0.2) is 11.0 Å². The zero-order chi connectivity index (χ0) is 20.8. The lowest BCUT2D eigenvalue weighted by molar-refractivity contribution is -0.113. The van der Waals surface area contributed by atoms with E-state index in [4.69, 9.17) is 4.74 Å². The molecule has 0 fully saturated rings. The van der Waals surface area contributed by atoms with Gasteiger partial charge in [-0.15, -0.1) is 20.4 Å². The van der Waals surface area contributed by atoms with Crippen LogP contribution in [-0.2, 0) is 24.9 Å². The first-order chi connectivity index (χ1) is 14.0. The Kier molecular flexibility index (Phi) is 7.21. The van der Waals surface area contributed by atoms with Gasteiger partial charge in [0.05, 0.1) is 5.75 Å². The van der Waals surface area contributed by atoms with Gasteiger partial charge in [-0.1, -0.05) is 48.2 Å². The first kappa shape index (κ1) is 21.3. The number of amides is 1.